The minimum atomic E-state index is -0.703. The first kappa shape index (κ1) is 16.2. The Balaban J connectivity index is 2.39. The molecule has 0 aliphatic heterocycles. The van der Waals surface area contributed by atoms with E-state index in [4.69, 9.17) is 4.74 Å². The van der Waals surface area contributed by atoms with Crippen molar-refractivity contribution in [3.63, 3.8) is 0 Å². The lowest BCUT2D eigenvalue weighted by molar-refractivity contribution is -0.123. The normalized spacial score (nSPS) is 9.45. The fraction of sp³-hybridized carbons (Fsp3) is 0.154. The number of imide groups is 1. The van der Waals surface area contributed by atoms with Gasteiger partial charge in [-0.3, -0.25) is 10.1 Å². The van der Waals surface area contributed by atoms with E-state index in [1.54, 1.807) is 18.2 Å². The van der Waals surface area contributed by atoms with Gasteiger partial charge in [0.05, 0.1) is 5.56 Å². The summed E-state index contributed by atoms with van der Waals surface area (Å²) in [6.07, 6.45) is 1.47. The number of hydrogen-bond acceptors (Lipinski definition) is 4. The van der Waals surface area contributed by atoms with Crippen LogP contribution < -0.4 is 10.6 Å². The predicted octanol–water partition coefficient (Wildman–Crippen LogP) is 1.46. The molecule has 3 amide bonds. The summed E-state index contributed by atoms with van der Waals surface area (Å²) in [6, 6.07) is 6.09. The van der Waals surface area contributed by atoms with Crippen molar-refractivity contribution in [1.82, 2.24) is 10.6 Å². The minimum absolute atomic E-state index is 0.237. The predicted molar refractivity (Wildman–Crippen MR) is 81.2 cm³/mol. The molecule has 0 saturated carbocycles. The Labute approximate surface area is 129 Å². The Morgan fingerprint density at radius 1 is 1.35 bits per heavy atom. The molecule has 0 spiro atoms. The molecule has 0 bridgehead atoms. The van der Waals surface area contributed by atoms with E-state index < -0.39 is 24.5 Å². The number of urea groups is 1. The van der Waals surface area contributed by atoms with Crippen molar-refractivity contribution < 1.29 is 19.1 Å². The van der Waals surface area contributed by atoms with Crippen molar-refractivity contribution >= 4 is 40.5 Å². The zero-order valence-electron chi connectivity index (χ0n) is 10.5. The van der Waals surface area contributed by atoms with E-state index in [0.717, 1.165) is 3.57 Å². The summed E-state index contributed by atoms with van der Waals surface area (Å²) in [7, 11) is 0. The summed E-state index contributed by atoms with van der Waals surface area (Å²) in [4.78, 5) is 34.1. The molecule has 0 aliphatic carbocycles. The molecule has 1 aromatic rings. The van der Waals surface area contributed by atoms with Crippen LogP contribution in [0.1, 0.15) is 10.4 Å². The van der Waals surface area contributed by atoms with Gasteiger partial charge < -0.3 is 10.1 Å². The molecule has 0 aromatic heterocycles. The Kier molecular flexibility index (Phi) is 6.71. The molecule has 1 rings (SSSR count). The molecule has 0 heterocycles. The Morgan fingerprint density at radius 3 is 2.75 bits per heavy atom. The molecule has 0 fully saturated rings. The molecule has 0 radical (unpaired) electrons. The van der Waals surface area contributed by atoms with Crippen molar-refractivity contribution in [2.45, 2.75) is 0 Å². The van der Waals surface area contributed by atoms with Crippen molar-refractivity contribution in [2.75, 3.05) is 13.2 Å². The Bertz CT molecular complexity index is 531. The molecule has 106 valence electrons. The topological polar surface area (TPSA) is 84.5 Å². The van der Waals surface area contributed by atoms with Crippen molar-refractivity contribution in [2.24, 2.45) is 0 Å². The van der Waals surface area contributed by atoms with Gasteiger partial charge in [0.25, 0.3) is 5.91 Å². The van der Waals surface area contributed by atoms with Crippen LogP contribution in [0.5, 0.6) is 0 Å². The zero-order valence-corrected chi connectivity index (χ0v) is 12.7. The molecule has 0 aliphatic rings. The second-order valence-corrected chi connectivity index (χ2v) is 4.88. The number of nitrogens with one attached hydrogen (secondary N) is 2. The van der Waals surface area contributed by atoms with Crippen LogP contribution in [0.25, 0.3) is 0 Å². The third kappa shape index (κ3) is 5.83. The van der Waals surface area contributed by atoms with E-state index in [1.807, 2.05) is 11.4 Å². The summed E-state index contributed by atoms with van der Waals surface area (Å²) in [6.45, 7) is 3.13. The molecule has 2 N–H and O–H groups in total. The fourth-order valence-corrected chi connectivity index (χ4v) is 1.74. The molecule has 6 nitrogen and oxygen atoms in total. The molecule has 20 heavy (non-hydrogen) atoms. The van der Waals surface area contributed by atoms with Crippen LogP contribution in [0.15, 0.2) is 36.9 Å². The van der Waals surface area contributed by atoms with Crippen LogP contribution >= 0.6 is 22.6 Å². The van der Waals surface area contributed by atoms with E-state index in [2.05, 4.69) is 34.5 Å². The van der Waals surface area contributed by atoms with Gasteiger partial charge in [-0.25, -0.2) is 9.59 Å². The van der Waals surface area contributed by atoms with Gasteiger partial charge in [-0.15, -0.1) is 6.58 Å². The number of hydrogen-bond donors (Lipinski definition) is 2. The van der Waals surface area contributed by atoms with Gasteiger partial charge >= 0.3 is 12.0 Å². The van der Waals surface area contributed by atoms with Crippen LogP contribution in [0.3, 0.4) is 0 Å². The lowest BCUT2D eigenvalue weighted by Crippen LogP contribution is -2.41. The van der Waals surface area contributed by atoms with Crippen molar-refractivity contribution in [3.8, 4) is 0 Å². The van der Waals surface area contributed by atoms with Crippen LogP contribution in [0.2, 0.25) is 0 Å². The molecule has 1 aromatic carbocycles. The van der Waals surface area contributed by atoms with Gasteiger partial charge in [-0.1, -0.05) is 12.1 Å². The number of carbonyl (C=O) groups excluding carboxylic acids is 3. The highest BCUT2D eigenvalue weighted by molar-refractivity contribution is 14.1. The number of halogens is 1. The number of amides is 3. The summed E-state index contributed by atoms with van der Waals surface area (Å²) in [5, 5.41) is 4.38. The average Bonchev–Trinajstić information content (AvgIpc) is 2.42. The molecule has 7 heteroatoms. The standard InChI is InChI=1S/C13H13IN2O4/c1-2-6-15-13(19)16-11(17)8-20-12(18)9-4-3-5-10(14)7-9/h2-5,7H,1,6,8H2,(H2,15,16,17,19). The van der Waals surface area contributed by atoms with Gasteiger partial charge in [0.1, 0.15) is 0 Å². The van der Waals surface area contributed by atoms with E-state index in [1.165, 1.54) is 6.08 Å². The first-order chi connectivity index (χ1) is 9.52. The SMILES string of the molecule is C=CCNC(=O)NC(=O)COC(=O)c1cccc(I)c1. The largest absolute Gasteiger partial charge is 0.452 e. The van der Waals surface area contributed by atoms with Crippen LogP contribution in [0, 0.1) is 3.57 Å². The quantitative estimate of drug-likeness (QED) is 0.455. The van der Waals surface area contributed by atoms with Crippen molar-refractivity contribution in [3.05, 3.63) is 46.1 Å². The second-order valence-electron chi connectivity index (χ2n) is 3.63. The van der Waals surface area contributed by atoms with E-state index >= 15 is 0 Å². The molecule has 0 saturated heterocycles. The number of rotatable bonds is 5. The Morgan fingerprint density at radius 2 is 2.10 bits per heavy atom. The third-order valence-corrected chi connectivity index (χ3v) is 2.73. The molecular formula is C13H13IN2O4. The summed E-state index contributed by atoms with van der Waals surface area (Å²) in [5.74, 6) is -1.32. The first-order valence-electron chi connectivity index (χ1n) is 5.64. The number of carbonyl (C=O) groups is 3. The van der Waals surface area contributed by atoms with Crippen molar-refractivity contribution in [1.29, 1.82) is 0 Å². The number of esters is 1. The van der Waals surface area contributed by atoms with E-state index in [0.29, 0.717) is 5.56 Å². The lowest BCUT2D eigenvalue weighted by atomic mass is 10.2. The highest BCUT2D eigenvalue weighted by Gasteiger charge is 2.12. The minimum Gasteiger partial charge on any atom is -0.452 e. The van der Waals surface area contributed by atoms with Gasteiger partial charge in [-0.05, 0) is 40.8 Å². The Hall–Kier alpha value is -1.90. The smallest absolute Gasteiger partial charge is 0.338 e. The summed E-state index contributed by atoms with van der Waals surface area (Å²) >= 11 is 2.06. The first-order valence-corrected chi connectivity index (χ1v) is 6.72. The monoisotopic (exact) mass is 388 g/mol. The van der Waals surface area contributed by atoms with Gasteiger partial charge in [0.2, 0.25) is 0 Å². The second kappa shape index (κ2) is 8.31. The van der Waals surface area contributed by atoms with Gasteiger partial charge in [0.15, 0.2) is 6.61 Å². The molecule has 0 unspecified atom stereocenters. The van der Waals surface area contributed by atoms with Crippen LogP contribution in [-0.2, 0) is 9.53 Å². The van der Waals surface area contributed by atoms with Crippen LogP contribution in [-0.4, -0.2) is 31.1 Å². The van der Waals surface area contributed by atoms with Crippen LogP contribution in [0.4, 0.5) is 4.79 Å². The lowest BCUT2D eigenvalue weighted by Gasteiger charge is -2.06. The highest BCUT2D eigenvalue weighted by atomic mass is 127. The summed E-state index contributed by atoms with van der Waals surface area (Å²) in [5.41, 5.74) is 0.348. The van der Waals surface area contributed by atoms with Gasteiger partial charge in [0, 0.05) is 10.1 Å². The molecular weight excluding hydrogens is 375 g/mol. The fourth-order valence-electron chi connectivity index (χ4n) is 1.20. The molecule has 0 atom stereocenters. The number of benzene rings is 1. The highest BCUT2D eigenvalue weighted by Crippen LogP contribution is 2.08. The summed E-state index contributed by atoms with van der Waals surface area (Å²) < 4.78 is 5.68. The number of ether oxygens (including phenoxy) is 1. The van der Waals surface area contributed by atoms with E-state index in [-0.39, 0.29) is 6.54 Å². The van der Waals surface area contributed by atoms with Gasteiger partial charge in [-0.2, -0.15) is 0 Å². The maximum absolute atomic E-state index is 11.6. The zero-order chi connectivity index (χ0) is 15.0. The maximum atomic E-state index is 11.6. The average molecular weight is 388 g/mol. The maximum Gasteiger partial charge on any atom is 0.338 e. The third-order valence-electron chi connectivity index (χ3n) is 2.05. The van der Waals surface area contributed by atoms with E-state index in [9.17, 15) is 14.4 Å².